The van der Waals surface area contributed by atoms with Crippen LogP contribution in [0.25, 0.3) is 0 Å². The zero-order chi connectivity index (χ0) is 5.98. The Balaban J connectivity index is 2.22. The van der Waals surface area contributed by atoms with Gasteiger partial charge < -0.3 is 10.8 Å². The average molecular weight is 115 g/mol. The van der Waals surface area contributed by atoms with E-state index in [0.29, 0.717) is 18.6 Å². The molecule has 0 bridgehead atoms. The molecular weight excluding hydrogens is 102 g/mol. The Morgan fingerprint density at radius 1 is 1.50 bits per heavy atom. The molecule has 0 heterocycles. The van der Waals surface area contributed by atoms with E-state index >= 15 is 0 Å². The van der Waals surface area contributed by atoms with Crippen molar-refractivity contribution in [3.05, 3.63) is 0 Å². The molecule has 0 aliphatic heterocycles. The Morgan fingerprint density at radius 3 is 2.50 bits per heavy atom. The zero-order valence-corrected chi connectivity index (χ0v) is 5.01. The van der Waals surface area contributed by atoms with E-state index in [2.05, 4.69) is 0 Å². The fourth-order valence-corrected chi connectivity index (χ4v) is 1.28. The Hall–Kier alpha value is -0.0800. The molecule has 8 heavy (non-hydrogen) atoms. The summed E-state index contributed by atoms with van der Waals surface area (Å²) in [7, 11) is 0. The Bertz CT molecular complexity index is 74.9. The van der Waals surface area contributed by atoms with Gasteiger partial charge in [-0.3, -0.25) is 0 Å². The first kappa shape index (κ1) is 6.05. The lowest BCUT2D eigenvalue weighted by atomic mass is 10.1. The summed E-state index contributed by atoms with van der Waals surface area (Å²) >= 11 is 0. The second kappa shape index (κ2) is 2.46. The van der Waals surface area contributed by atoms with Gasteiger partial charge in [0.25, 0.3) is 0 Å². The second-order valence-corrected chi connectivity index (χ2v) is 2.62. The van der Waals surface area contributed by atoms with Crippen molar-refractivity contribution in [1.82, 2.24) is 0 Å². The van der Waals surface area contributed by atoms with E-state index in [9.17, 15) is 0 Å². The van der Waals surface area contributed by atoms with Gasteiger partial charge in [0.15, 0.2) is 0 Å². The van der Waals surface area contributed by atoms with Crippen LogP contribution in [0.5, 0.6) is 0 Å². The maximum atomic E-state index is 8.63. The maximum Gasteiger partial charge on any atom is 0.0459 e. The van der Waals surface area contributed by atoms with Gasteiger partial charge >= 0.3 is 0 Å². The van der Waals surface area contributed by atoms with Gasteiger partial charge in [0.2, 0.25) is 0 Å². The molecule has 1 rings (SSSR count). The van der Waals surface area contributed by atoms with E-state index in [1.54, 1.807) is 0 Å². The molecule has 0 amide bonds. The summed E-state index contributed by atoms with van der Waals surface area (Å²) in [6.45, 7) is 0.327. The normalized spacial score (nSPS) is 38.2. The highest BCUT2D eigenvalue weighted by Gasteiger charge is 2.19. The van der Waals surface area contributed by atoms with E-state index in [1.807, 2.05) is 0 Å². The fourth-order valence-electron chi connectivity index (χ4n) is 1.28. The smallest absolute Gasteiger partial charge is 0.0459 e. The number of aliphatic hydroxyl groups excluding tert-OH is 1. The largest absolute Gasteiger partial charge is 0.396 e. The molecule has 0 unspecified atom stereocenters. The van der Waals surface area contributed by atoms with Crippen molar-refractivity contribution in [2.24, 2.45) is 11.7 Å². The lowest BCUT2D eigenvalue weighted by Gasteiger charge is -2.01. The van der Waals surface area contributed by atoms with Crippen molar-refractivity contribution in [3.63, 3.8) is 0 Å². The molecule has 0 saturated heterocycles. The molecule has 1 fully saturated rings. The van der Waals surface area contributed by atoms with Crippen LogP contribution >= 0.6 is 0 Å². The second-order valence-electron chi connectivity index (χ2n) is 2.62. The van der Waals surface area contributed by atoms with E-state index in [0.717, 1.165) is 19.3 Å². The van der Waals surface area contributed by atoms with Crippen LogP contribution in [0.2, 0.25) is 0 Å². The van der Waals surface area contributed by atoms with Gasteiger partial charge in [-0.1, -0.05) is 0 Å². The molecule has 2 nitrogen and oxygen atoms in total. The molecule has 0 aromatic rings. The highest BCUT2D eigenvalue weighted by atomic mass is 16.3. The molecule has 0 aromatic carbocycles. The summed E-state index contributed by atoms with van der Waals surface area (Å²) < 4.78 is 0. The van der Waals surface area contributed by atoms with Gasteiger partial charge in [-0.05, 0) is 25.2 Å². The lowest BCUT2D eigenvalue weighted by molar-refractivity contribution is 0.229. The molecule has 3 N–H and O–H groups in total. The predicted octanol–water partition coefficient (Wildman–Crippen LogP) is 0.106. The van der Waals surface area contributed by atoms with Crippen molar-refractivity contribution in [2.75, 3.05) is 6.61 Å². The SMILES string of the molecule is N[C@@H]1CC[C@@H](CO)C1. The summed E-state index contributed by atoms with van der Waals surface area (Å²) in [6.07, 6.45) is 3.25. The topological polar surface area (TPSA) is 46.2 Å². The minimum Gasteiger partial charge on any atom is -0.396 e. The van der Waals surface area contributed by atoms with Gasteiger partial charge in [0.1, 0.15) is 0 Å². The molecule has 2 atom stereocenters. The third kappa shape index (κ3) is 1.20. The van der Waals surface area contributed by atoms with Gasteiger partial charge in [-0.15, -0.1) is 0 Å². The highest BCUT2D eigenvalue weighted by molar-refractivity contribution is 4.76. The van der Waals surface area contributed by atoms with E-state index in [4.69, 9.17) is 10.8 Å². The molecule has 0 spiro atoms. The maximum absolute atomic E-state index is 8.63. The molecule has 0 radical (unpaired) electrons. The first-order valence-electron chi connectivity index (χ1n) is 3.19. The van der Waals surface area contributed by atoms with Crippen molar-refractivity contribution in [1.29, 1.82) is 0 Å². The Morgan fingerprint density at radius 2 is 2.25 bits per heavy atom. The molecule has 2 heteroatoms. The van der Waals surface area contributed by atoms with Gasteiger partial charge in [-0.25, -0.2) is 0 Å². The van der Waals surface area contributed by atoms with Gasteiger partial charge in [0.05, 0.1) is 0 Å². The lowest BCUT2D eigenvalue weighted by Crippen LogP contribution is -2.15. The van der Waals surface area contributed by atoms with Crippen molar-refractivity contribution < 1.29 is 5.11 Å². The minimum atomic E-state index is 0.327. The summed E-state index contributed by atoms with van der Waals surface area (Å²) in [6, 6.07) is 0.368. The fraction of sp³-hybridized carbons (Fsp3) is 1.00. The quantitative estimate of drug-likeness (QED) is 0.509. The average Bonchev–Trinajstić information content (AvgIpc) is 2.14. The third-order valence-electron chi connectivity index (χ3n) is 1.84. The molecular formula is C6H13NO. The predicted molar refractivity (Wildman–Crippen MR) is 32.4 cm³/mol. The van der Waals surface area contributed by atoms with Crippen LogP contribution in [0.4, 0.5) is 0 Å². The minimum absolute atomic E-state index is 0.327. The van der Waals surface area contributed by atoms with Crippen LogP contribution in [0.3, 0.4) is 0 Å². The standard InChI is InChI=1S/C6H13NO/c7-6-2-1-5(3-6)4-8/h5-6,8H,1-4,7H2/t5-,6-/m1/s1. The zero-order valence-electron chi connectivity index (χ0n) is 5.01. The van der Waals surface area contributed by atoms with Crippen LogP contribution in [0.1, 0.15) is 19.3 Å². The third-order valence-corrected chi connectivity index (χ3v) is 1.84. The van der Waals surface area contributed by atoms with Gasteiger partial charge in [-0.2, -0.15) is 0 Å². The monoisotopic (exact) mass is 115 g/mol. The summed E-state index contributed by atoms with van der Waals surface area (Å²) in [5, 5.41) is 8.63. The van der Waals surface area contributed by atoms with E-state index in [-0.39, 0.29) is 0 Å². The van der Waals surface area contributed by atoms with Crippen LogP contribution < -0.4 is 5.73 Å². The molecule has 0 aromatic heterocycles. The Labute approximate surface area is 49.7 Å². The number of aliphatic hydroxyl groups is 1. The summed E-state index contributed by atoms with van der Waals surface area (Å²) in [5.74, 6) is 0.505. The number of hydrogen-bond acceptors (Lipinski definition) is 2. The summed E-state index contributed by atoms with van der Waals surface area (Å²) in [5.41, 5.74) is 5.59. The Kier molecular flexibility index (Phi) is 1.86. The van der Waals surface area contributed by atoms with Crippen LogP contribution in [-0.4, -0.2) is 17.8 Å². The van der Waals surface area contributed by atoms with E-state index < -0.39 is 0 Å². The van der Waals surface area contributed by atoms with Crippen molar-refractivity contribution in [2.45, 2.75) is 25.3 Å². The van der Waals surface area contributed by atoms with Crippen LogP contribution in [0.15, 0.2) is 0 Å². The number of hydrogen-bond donors (Lipinski definition) is 2. The number of rotatable bonds is 1. The van der Waals surface area contributed by atoms with E-state index in [1.165, 1.54) is 0 Å². The molecule has 48 valence electrons. The summed E-state index contributed by atoms with van der Waals surface area (Å²) in [4.78, 5) is 0. The molecule has 1 aliphatic carbocycles. The van der Waals surface area contributed by atoms with Crippen LogP contribution in [0, 0.1) is 5.92 Å². The molecule has 1 aliphatic rings. The van der Waals surface area contributed by atoms with Crippen molar-refractivity contribution in [3.8, 4) is 0 Å². The molecule has 1 saturated carbocycles. The van der Waals surface area contributed by atoms with Crippen molar-refractivity contribution >= 4 is 0 Å². The van der Waals surface area contributed by atoms with Gasteiger partial charge in [0, 0.05) is 12.6 Å². The van der Waals surface area contributed by atoms with Crippen LogP contribution in [-0.2, 0) is 0 Å². The first-order chi connectivity index (χ1) is 3.83. The number of nitrogens with two attached hydrogens (primary N) is 1. The highest BCUT2D eigenvalue weighted by Crippen LogP contribution is 2.22. The first-order valence-corrected chi connectivity index (χ1v) is 3.19.